The number of carboxylic acid groups (broad SMARTS) is 1. The number of amides is 1. The molecule has 1 aromatic carbocycles. The van der Waals surface area contributed by atoms with Crippen LogP contribution in [0.1, 0.15) is 12.0 Å². The summed E-state index contributed by atoms with van der Waals surface area (Å²) in [5, 5.41) is 14.8. The van der Waals surface area contributed by atoms with Crippen LogP contribution in [0.5, 0.6) is 0 Å². The van der Waals surface area contributed by atoms with E-state index in [2.05, 4.69) is 10.5 Å². The summed E-state index contributed by atoms with van der Waals surface area (Å²) in [7, 11) is 0. The van der Waals surface area contributed by atoms with Gasteiger partial charge in [0.15, 0.2) is 6.10 Å². The molecule has 2 heterocycles. The van der Waals surface area contributed by atoms with Gasteiger partial charge in [0.1, 0.15) is 5.82 Å². The number of nitrogens with zero attached hydrogens (tertiary/aromatic N) is 2. The van der Waals surface area contributed by atoms with Gasteiger partial charge in [0.2, 0.25) is 0 Å². The Morgan fingerprint density at radius 1 is 1.43 bits per heavy atom. The summed E-state index contributed by atoms with van der Waals surface area (Å²) in [4.78, 5) is 17.6. The maximum atomic E-state index is 14.4. The van der Waals surface area contributed by atoms with Gasteiger partial charge in [-0.15, -0.1) is 0 Å². The summed E-state index contributed by atoms with van der Waals surface area (Å²) in [5.41, 5.74) is 1.83. The molecule has 3 rings (SSSR count). The van der Waals surface area contributed by atoms with E-state index in [1.165, 1.54) is 6.07 Å². The number of benzene rings is 1. The number of hydrogen-bond acceptors (Lipinski definition) is 5. The molecule has 0 bridgehead atoms. The summed E-state index contributed by atoms with van der Waals surface area (Å²) in [5.74, 6) is -0.306. The number of rotatable bonds is 4. The molecule has 8 heteroatoms. The van der Waals surface area contributed by atoms with Crippen LogP contribution in [0.25, 0.3) is 0 Å². The second-order valence-electron chi connectivity index (χ2n) is 5.42. The van der Waals surface area contributed by atoms with Crippen molar-refractivity contribution in [1.82, 2.24) is 5.32 Å². The van der Waals surface area contributed by atoms with E-state index in [0.717, 1.165) is 0 Å². The fraction of sp³-hybridized carbons (Fsp3) is 0.467. The smallest absolute Gasteiger partial charge is 0.404 e. The van der Waals surface area contributed by atoms with Gasteiger partial charge in [-0.2, -0.15) is 0 Å². The van der Waals surface area contributed by atoms with Crippen molar-refractivity contribution in [2.45, 2.75) is 12.5 Å². The lowest BCUT2D eigenvalue weighted by Gasteiger charge is -2.29. The molecule has 1 amide bonds. The van der Waals surface area contributed by atoms with Crippen LogP contribution in [-0.4, -0.2) is 55.9 Å². The SMILES string of the molecule is O=C(O)NC[C@H]1CC(c2ccc(N3CCOCC3)c(F)c2)=NO1. The van der Waals surface area contributed by atoms with Crippen molar-refractivity contribution in [3.8, 4) is 0 Å². The number of ether oxygens (including phenoxy) is 1. The maximum absolute atomic E-state index is 14.4. The number of hydrogen-bond donors (Lipinski definition) is 2. The van der Waals surface area contributed by atoms with Crippen LogP contribution in [0.4, 0.5) is 14.9 Å². The van der Waals surface area contributed by atoms with Crippen molar-refractivity contribution in [2.24, 2.45) is 5.16 Å². The molecule has 1 aromatic rings. The van der Waals surface area contributed by atoms with Crippen molar-refractivity contribution in [3.05, 3.63) is 29.6 Å². The first-order valence-electron chi connectivity index (χ1n) is 7.45. The Balaban J connectivity index is 1.65. The van der Waals surface area contributed by atoms with E-state index in [-0.39, 0.29) is 18.5 Å². The van der Waals surface area contributed by atoms with E-state index in [1.807, 2.05) is 11.0 Å². The standard InChI is InChI=1S/C15H18FN3O4/c16-12-7-10(1-2-14(12)19-3-5-22-6-4-19)13-8-11(23-18-13)9-17-15(20)21/h1-2,7,11,17H,3-6,8-9H2,(H,20,21)/t11-/m1/s1. The van der Waals surface area contributed by atoms with Crippen molar-refractivity contribution in [2.75, 3.05) is 37.7 Å². The van der Waals surface area contributed by atoms with Gasteiger partial charge in [0.25, 0.3) is 0 Å². The zero-order valence-electron chi connectivity index (χ0n) is 12.5. The van der Waals surface area contributed by atoms with Crippen LogP contribution in [0, 0.1) is 5.82 Å². The first-order chi connectivity index (χ1) is 11.1. The van der Waals surface area contributed by atoms with Gasteiger partial charge in [-0.1, -0.05) is 11.2 Å². The quantitative estimate of drug-likeness (QED) is 0.876. The number of carbonyl (C=O) groups is 1. The molecule has 0 radical (unpaired) electrons. The Labute approximate surface area is 132 Å². The first-order valence-corrected chi connectivity index (χ1v) is 7.45. The fourth-order valence-electron chi connectivity index (χ4n) is 2.66. The van der Waals surface area contributed by atoms with E-state index in [9.17, 15) is 9.18 Å². The van der Waals surface area contributed by atoms with Gasteiger partial charge in [0.05, 0.1) is 31.2 Å². The average molecular weight is 323 g/mol. The third kappa shape index (κ3) is 3.70. The van der Waals surface area contributed by atoms with Crippen LogP contribution in [0.2, 0.25) is 0 Å². The molecule has 1 fully saturated rings. The monoisotopic (exact) mass is 323 g/mol. The molecule has 0 aliphatic carbocycles. The van der Waals surface area contributed by atoms with E-state index in [0.29, 0.717) is 49.7 Å². The molecule has 0 aromatic heterocycles. The molecule has 2 N–H and O–H groups in total. The van der Waals surface area contributed by atoms with Gasteiger partial charge < -0.3 is 24.9 Å². The largest absolute Gasteiger partial charge is 0.465 e. The molecular weight excluding hydrogens is 305 g/mol. The maximum Gasteiger partial charge on any atom is 0.404 e. The highest BCUT2D eigenvalue weighted by Crippen LogP contribution is 2.24. The minimum atomic E-state index is -1.11. The normalized spacial score (nSPS) is 20.8. The minimum Gasteiger partial charge on any atom is -0.465 e. The average Bonchev–Trinajstić information content (AvgIpc) is 3.02. The second-order valence-corrected chi connectivity index (χ2v) is 5.42. The number of morpholine rings is 1. The number of nitrogens with one attached hydrogen (secondary N) is 1. The molecule has 1 atom stereocenters. The third-order valence-corrected chi connectivity index (χ3v) is 3.85. The van der Waals surface area contributed by atoms with Gasteiger partial charge >= 0.3 is 6.09 Å². The van der Waals surface area contributed by atoms with Crippen molar-refractivity contribution in [1.29, 1.82) is 0 Å². The molecule has 2 aliphatic heterocycles. The van der Waals surface area contributed by atoms with Gasteiger partial charge in [-0.3, -0.25) is 0 Å². The van der Waals surface area contributed by atoms with Crippen molar-refractivity contribution < 1.29 is 23.9 Å². The molecule has 124 valence electrons. The minimum absolute atomic E-state index is 0.149. The highest BCUT2D eigenvalue weighted by atomic mass is 19.1. The van der Waals surface area contributed by atoms with Crippen molar-refractivity contribution in [3.63, 3.8) is 0 Å². The van der Waals surface area contributed by atoms with Crippen LogP contribution in [0.15, 0.2) is 23.4 Å². The predicted molar refractivity (Wildman–Crippen MR) is 81.5 cm³/mol. The van der Waals surface area contributed by atoms with E-state index >= 15 is 0 Å². The summed E-state index contributed by atoms with van der Waals surface area (Å²) in [6, 6.07) is 4.99. The zero-order chi connectivity index (χ0) is 16.2. The molecule has 0 saturated carbocycles. The zero-order valence-corrected chi connectivity index (χ0v) is 12.5. The summed E-state index contributed by atoms with van der Waals surface area (Å²) >= 11 is 0. The molecule has 1 saturated heterocycles. The second kappa shape index (κ2) is 6.82. The van der Waals surface area contributed by atoms with Gasteiger partial charge in [-0.25, -0.2) is 9.18 Å². The highest BCUT2D eigenvalue weighted by Gasteiger charge is 2.24. The Morgan fingerprint density at radius 2 is 2.22 bits per heavy atom. The molecule has 0 unspecified atom stereocenters. The topological polar surface area (TPSA) is 83.4 Å². The first kappa shape index (κ1) is 15.5. The highest BCUT2D eigenvalue weighted by molar-refractivity contribution is 6.01. The Morgan fingerprint density at radius 3 is 2.91 bits per heavy atom. The predicted octanol–water partition coefficient (Wildman–Crippen LogP) is 1.42. The molecule has 0 spiro atoms. The molecular formula is C15H18FN3O4. The van der Waals surface area contributed by atoms with Crippen LogP contribution >= 0.6 is 0 Å². The fourth-order valence-corrected chi connectivity index (χ4v) is 2.66. The van der Waals surface area contributed by atoms with Crippen molar-refractivity contribution >= 4 is 17.5 Å². The Kier molecular flexibility index (Phi) is 4.61. The van der Waals surface area contributed by atoms with Gasteiger partial charge in [0, 0.05) is 25.1 Å². The molecule has 23 heavy (non-hydrogen) atoms. The number of oxime groups is 1. The molecule has 7 nitrogen and oxygen atoms in total. The molecule has 2 aliphatic rings. The van der Waals surface area contributed by atoms with Crippen LogP contribution in [-0.2, 0) is 9.57 Å². The van der Waals surface area contributed by atoms with Crippen LogP contribution < -0.4 is 10.2 Å². The lowest BCUT2D eigenvalue weighted by molar-refractivity contribution is 0.0841. The lowest BCUT2D eigenvalue weighted by Crippen LogP contribution is -2.36. The number of anilines is 1. The van der Waals surface area contributed by atoms with Crippen LogP contribution in [0.3, 0.4) is 0 Å². The van der Waals surface area contributed by atoms with E-state index < -0.39 is 6.09 Å². The third-order valence-electron chi connectivity index (χ3n) is 3.85. The lowest BCUT2D eigenvalue weighted by atomic mass is 10.0. The summed E-state index contributed by atoms with van der Waals surface area (Å²) in [6.07, 6.45) is -1.03. The summed E-state index contributed by atoms with van der Waals surface area (Å²) in [6.45, 7) is 2.68. The van der Waals surface area contributed by atoms with E-state index in [1.54, 1.807) is 6.07 Å². The summed E-state index contributed by atoms with van der Waals surface area (Å²) < 4.78 is 19.6. The van der Waals surface area contributed by atoms with Gasteiger partial charge in [-0.05, 0) is 12.1 Å². The van der Waals surface area contributed by atoms with E-state index in [4.69, 9.17) is 14.7 Å². The Bertz CT molecular complexity index is 617. The number of halogens is 1. The Hall–Kier alpha value is -2.35.